The maximum Gasteiger partial charge on any atom is 0.362 e. The zero-order valence-corrected chi connectivity index (χ0v) is 17.7. The van der Waals surface area contributed by atoms with E-state index in [1.54, 1.807) is 7.11 Å². The van der Waals surface area contributed by atoms with Crippen molar-refractivity contribution in [3.05, 3.63) is 68.8 Å². The molecular weight excluding hydrogens is 429 g/mol. The molecule has 1 aliphatic carbocycles. The topological polar surface area (TPSA) is 86.5 Å². The summed E-state index contributed by atoms with van der Waals surface area (Å²) in [4.78, 5) is 11.6. The van der Waals surface area contributed by atoms with Crippen LogP contribution in [-0.2, 0) is 19.4 Å². The van der Waals surface area contributed by atoms with Crippen LogP contribution in [0.25, 0.3) is 0 Å². The molecule has 30 heavy (non-hydrogen) atoms. The van der Waals surface area contributed by atoms with Gasteiger partial charge in [-0.1, -0.05) is 40.5 Å². The van der Waals surface area contributed by atoms with E-state index in [-0.39, 0.29) is 17.7 Å². The molecule has 1 unspecified atom stereocenters. The van der Waals surface area contributed by atoms with E-state index < -0.39 is 5.97 Å². The number of carbonyl (C=O) groups is 1. The normalized spacial score (nSPS) is 15.5. The molecule has 3 aromatic rings. The fourth-order valence-electron chi connectivity index (χ4n) is 3.54. The molecule has 0 bridgehead atoms. The highest BCUT2D eigenvalue weighted by Crippen LogP contribution is 2.32. The van der Waals surface area contributed by atoms with E-state index in [4.69, 9.17) is 32.7 Å². The van der Waals surface area contributed by atoms with Crippen LogP contribution in [0.1, 0.15) is 33.6 Å². The second-order valence-corrected chi connectivity index (χ2v) is 7.89. The number of carboxylic acids is 1. The van der Waals surface area contributed by atoms with Gasteiger partial charge >= 0.3 is 5.97 Å². The quantitative estimate of drug-likeness (QED) is 0.606. The molecule has 7 nitrogen and oxygen atoms in total. The predicted molar refractivity (Wildman–Crippen MR) is 112 cm³/mol. The van der Waals surface area contributed by atoms with Gasteiger partial charge in [0.25, 0.3) is 0 Å². The number of nitrogens with zero attached hydrogens (tertiary/aromatic N) is 3. The predicted octanol–water partition coefficient (Wildman–Crippen LogP) is 4.28. The van der Waals surface area contributed by atoms with E-state index in [1.165, 1.54) is 4.68 Å². The van der Waals surface area contributed by atoms with E-state index in [0.29, 0.717) is 23.0 Å². The molecule has 1 aromatic heterocycles. The van der Waals surface area contributed by atoms with Crippen LogP contribution in [-0.4, -0.2) is 39.3 Å². The minimum Gasteiger partial charge on any atom is -0.497 e. The molecule has 4 rings (SSSR count). The second-order valence-electron chi connectivity index (χ2n) is 7.07. The van der Waals surface area contributed by atoms with E-state index in [9.17, 15) is 9.90 Å². The summed E-state index contributed by atoms with van der Waals surface area (Å²) in [5.74, 6) is -0.302. The molecule has 1 atom stereocenters. The Hall–Kier alpha value is -2.77. The third kappa shape index (κ3) is 4.22. The van der Waals surface area contributed by atoms with Gasteiger partial charge < -0.3 is 14.6 Å². The van der Waals surface area contributed by atoms with Crippen molar-refractivity contribution in [1.29, 1.82) is 0 Å². The van der Waals surface area contributed by atoms with Crippen LogP contribution in [0.3, 0.4) is 0 Å². The van der Waals surface area contributed by atoms with Crippen LogP contribution in [0.2, 0.25) is 10.0 Å². The molecule has 0 fully saturated rings. The number of aromatic carboxylic acids is 1. The van der Waals surface area contributed by atoms with Crippen molar-refractivity contribution in [2.24, 2.45) is 0 Å². The second kappa shape index (κ2) is 8.53. The third-order valence-corrected chi connectivity index (χ3v) is 5.81. The Labute approximate surface area is 183 Å². The summed E-state index contributed by atoms with van der Waals surface area (Å²) in [6.45, 7) is 0.324. The van der Waals surface area contributed by atoms with Gasteiger partial charge in [0.15, 0.2) is 0 Å². The van der Waals surface area contributed by atoms with Crippen LogP contribution in [0.5, 0.6) is 11.6 Å². The van der Waals surface area contributed by atoms with Crippen molar-refractivity contribution in [2.75, 3.05) is 7.11 Å². The first-order chi connectivity index (χ1) is 14.4. The molecule has 1 heterocycles. The number of carboxylic acid groups (broad SMARTS) is 1. The summed E-state index contributed by atoms with van der Waals surface area (Å²) in [7, 11) is 1.60. The average Bonchev–Trinajstić information content (AvgIpc) is 3.12. The van der Waals surface area contributed by atoms with Gasteiger partial charge in [-0.25, -0.2) is 9.48 Å². The number of halogens is 2. The summed E-state index contributed by atoms with van der Waals surface area (Å²) in [6.07, 6.45) is 1.86. The van der Waals surface area contributed by atoms with Crippen molar-refractivity contribution in [3.63, 3.8) is 0 Å². The zero-order valence-electron chi connectivity index (χ0n) is 16.1. The molecular formula is C21H19Cl2N3O4. The molecule has 0 radical (unpaired) electrons. The van der Waals surface area contributed by atoms with Gasteiger partial charge in [-0.15, -0.1) is 5.10 Å². The lowest BCUT2D eigenvalue weighted by Gasteiger charge is -2.26. The molecule has 0 amide bonds. The van der Waals surface area contributed by atoms with Gasteiger partial charge in [0.05, 0.1) is 23.7 Å². The maximum atomic E-state index is 11.6. The molecule has 9 heteroatoms. The van der Waals surface area contributed by atoms with Gasteiger partial charge in [0.1, 0.15) is 11.9 Å². The van der Waals surface area contributed by atoms with Crippen LogP contribution >= 0.6 is 23.2 Å². The highest BCUT2D eigenvalue weighted by atomic mass is 35.5. The summed E-state index contributed by atoms with van der Waals surface area (Å²) in [6, 6.07) is 11.2. The Kier molecular flexibility index (Phi) is 5.83. The van der Waals surface area contributed by atoms with Crippen LogP contribution in [0.15, 0.2) is 36.4 Å². The number of fused-ring (bicyclic) bond motifs is 1. The first-order valence-electron chi connectivity index (χ1n) is 9.37. The summed E-state index contributed by atoms with van der Waals surface area (Å²) < 4.78 is 12.8. The number of methoxy groups -OCH3 is 1. The Morgan fingerprint density at radius 1 is 1.20 bits per heavy atom. The van der Waals surface area contributed by atoms with Crippen molar-refractivity contribution in [2.45, 2.75) is 31.9 Å². The molecule has 0 spiro atoms. The lowest BCUT2D eigenvalue weighted by molar-refractivity contribution is 0.0680. The standard InChI is InChI=1S/C21H19Cl2N3O4/c1-29-15-5-2-12(3-6-15)11-26-20(19(21(27)28)24-25-26)30-16-7-4-13-9-17(22)18(23)10-14(13)8-16/h2-3,5-6,9-10,16H,4,7-8,11H2,1H3,(H,27,28). The number of aryl methyl sites for hydroxylation is 1. The number of hydrogen-bond acceptors (Lipinski definition) is 5. The highest BCUT2D eigenvalue weighted by Gasteiger charge is 2.27. The molecule has 1 N–H and O–H groups in total. The smallest absolute Gasteiger partial charge is 0.362 e. The average molecular weight is 448 g/mol. The fourth-order valence-corrected chi connectivity index (χ4v) is 3.91. The number of rotatable bonds is 6. The number of aromatic nitrogens is 3. The number of hydrogen-bond donors (Lipinski definition) is 1. The molecule has 156 valence electrons. The lowest BCUT2D eigenvalue weighted by Crippen LogP contribution is -2.27. The largest absolute Gasteiger partial charge is 0.497 e. The zero-order chi connectivity index (χ0) is 21.3. The monoisotopic (exact) mass is 447 g/mol. The van der Waals surface area contributed by atoms with Crippen LogP contribution < -0.4 is 9.47 Å². The van der Waals surface area contributed by atoms with E-state index in [0.717, 1.165) is 35.3 Å². The van der Waals surface area contributed by atoms with Gasteiger partial charge in [-0.05, 0) is 53.8 Å². The van der Waals surface area contributed by atoms with Crippen molar-refractivity contribution in [3.8, 4) is 11.6 Å². The third-order valence-electron chi connectivity index (χ3n) is 5.09. The maximum absolute atomic E-state index is 11.6. The van der Waals surface area contributed by atoms with Crippen LogP contribution in [0, 0.1) is 0 Å². The molecule has 1 aliphatic rings. The minimum absolute atomic E-state index is 0.145. The molecule has 0 saturated heterocycles. The highest BCUT2D eigenvalue weighted by molar-refractivity contribution is 6.42. The van der Waals surface area contributed by atoms with Gasteiger partial charge in [-0.2, -0.15) is 0 Å². The van der Waals surface area contributed by atoms with E-state index >= 15 is 0 Å². The summed E-state index contributed by atoms with van der Waals surface area (Å²) in [5.41, 5.74) is 2.89. The van der Waals surface area contributed by atoms with Gasteiger partial charge in [-0.3, -0.25) is 0 Å². The molecule has 0 saturated carbocycles. The van der Waals surface area contributed by atoms with Gasteiger partial charge in [0, 0.05) is 6.42 Å². The lowest BCUT2D eigenvalue weighted by atomic mass is 9.90. The molecule has 2 aromatic carbocycles. The number of benzene rings is 2. The number of ether oxygens (including phenoxy) is 2. The Bertz CT molecular complexity index is 1080. The van der Waals surface area contributed by atoms with E-state index in [1.807, 2.05) is 36.4 Å². The van der Waals surface area contributed by atoms with Crippen LogP contribution in [0.4, 0.5) is 0 Å². The van der Waals surface area contributed by atoms with Crippen molar-refractivity contribution < 1.29 is 19.4 Å². The van der Waals surface area contributed by atoms with Crippen molar-refractivity contribution >= 4 is 29.2 Å². The summed E-state index contributed by atoms with van der Waals surface area (Å²) in [5, 5.41) is 18.4. The van der Waals surface area contributed by atoms with Gasteiger partial charge in [0.2, 0.25) is 11.6 Å². The van der Waals surface area contributed by atoms with E-state index in [2.05, 4.69) is 10.3 Å². The Morgan fingerprint density at radius 2 is 1.90 bits per heavy atom. The first-order valence-corrected chi connectivity index (χ1v) is 10.1. The first kappa shape index (κ1) is 20.5. The van der Waals surface area contributed by atoms with Crippen molar-refractivity contribution in [1.82, 2.24) is 15.0 Å². The fraction of sp³-hybridized carbons (Fsp3) is 0.286. The Morgan fingerprint density at radius 3 is 2.57 bits per heavy atom. The summed E-state index contributed by atoms with van der Waals surface area (Å²) >= 11 is 12.3. The molecule has 0 aliphatic heterocycles. The SMILES string of the molecule is COc1ccc(Cn2nnc(C(=O)O)c2OC2CCc3cc(Cl)c(Cl)cc3C2)cc1. The minimum atomic E-state index is -1.18. The Balaban J connectivity index is 1.57.